The van der Waals surface area contributed by atoms with Crippen LogP contribution in [-0.2, 0) is 6.54 Å². The number of nitrogens with one attached hydrogen (secondary N) is 1. The second-order valence-corrected chi connectivity index (χ2v) is 7.57. The molecule has 0 saturated heterocycles. The largest absolute Gasteiger partial charge is 0.308 e. The molecule has 0 aliphatic rings. The zero-order valence-electron chi connectivity index (χ0n) is 12.0. The highest BCUT2D eigenvalue weighted by Crippen LogP contribution is 2.29. The van der Waals surface area contributed by atoms with Gasteiger partial charge in [0.2, 0.25) is 0 Å². The van der Waals surface area contributed by atoms with Crippen molar-refractivity contribution in [2.45, 2.75) is 42.8 Å². The van der Waals surface area contributed by atoms with Crippen molar-refractivity contribution in [2.24, 2.45) is 0 Å². The van der Waals surface area contributed by atoms with Crippen molar-refractivity contribution in [1.29, 1.82) is 0 Å². The molecule has 2 aromatic rings. The Bertz CT molecular complexity index is 564. The monoisotopic (exact) mass is 350 g/mol. The Balaban J connectivity index is 2.06. The van der Waals surface area contributed by atoms with E-state index in [1.807, 2.05) is 24.4 Å². The Kier molecular flexibility index (Phi) is 5.24. The minimum Gasteiger partial charge on any atom is -0.308 e. The first-order valence-electron chi connectivity index (χ1n) is 6.56. The van der Waals surface area contributed by atoms with Gasteiger partial charge in [-0.05, 0) is 50.6 Å². The summed E-state index contributed by atoms with van der Waals surface area (Å²) < 4.78 is 1.13. The molecule has 0 unspecified atom stereocenters. The molecule has 1 aromatic heterocycles. The van der Waals surface area contributed by atoms with Gasteiger partial charge >= 0.3 is 0 Å². The van der Waals surface area contributed by atoms with Gasteiger partial charge in [-0.3, -0.25) is 0 Å². The van der Waals surface area contributed by atoms with Crippen LogP contribution >= 0.6 is 27.7 Å². The lowest BCUT2D eigenvalue weighted by Crippen LogP contribution is -2.35. The number of aromatic nitrogens is 1. The number of pyridine rings is 1. The second-order valence-electron chi connectivity index (χ2n) is 5.63. The number of hydrogen-bond acceptors (Lipinski definition) is 3. The fourth-order valence-corrected chi connectivity index (χ4v) is 3.11. The topological polar surface area (TPSA) is 24.9 Å². The number of nitrogens with zero attached hydrogens (tertiary/aromatic N) is 1. The van der Waals surface area contributed by atoms with Gasteiger partial charge in [0.25, 0.3) is 0 Å². The van der Waals surface area contributed by atoms with E-state index in [1.165, 1.54) is 10.5 Å². The number of rotatable bonds is 4. The van der Waals surface area contributed by atoms with E-state index in [9.17, 15) is 0 Å². The lowest BCUT2D eigenvalue weighted by atomic mass is 10.1. The average molecular weight is 351 g/mol. The van der Waals surface area contributed by atoms with E-state index in [-0.39, 0.29) is 5.54 Å². The van der Waals surface area contributed by atoms with Crippen molar-refractivity contribution in [1.82, 2.24) is 10.3 Å². The predicted molar refractivity (Wildman–Crippen MR) is 89.1 cm³/mol. The lowest BCUT2D eigenvalue weighted by molar-refractivity contribution is 0.424. The summed E-state index contributed by atoms with van der Waals surface area (Å²) in [6, 6.07) is 12.4. The Morgan fingerprint density at radius 2 is 2.00 bits per heavy atom. The fraction of sp³-hybridized carbons (Fsp3) is 0.312. The minimum absolute atomic E-state index is 0.126. The van der Waals surface area contributed by atoms with Crippen LogP contribution in [0, 0.1) is 0 Å². The molecule has 0 bridgehead atoms. The van der Waals surface area contributed by atoms with Crippen LogP contribution in [0.15, 0.2) is 57.0 Å². The molecule has 20 heavy (non-hydrogen) atoms. The van der Waals surface area contributed by atoms with Gasteiger partial charge in [-0.25, -0.2) is 4.98 Å². The van der Waals surface area contributed by atoms with Gasteiger partial charge < -0.3 is 5.32 Å². The maximum Gasteiger partial charge on any atom is 0.101 e. The van der Waals surface area contributed by atoms with Crippen LogP contribution in [0.4, 0.5) is 0 Å². The van der Waals surface area contributed by atoms with Gasteiger partial charge in [-0.2, -0.15) is 0 Å². The Morgan fingerprint density at radius 3 is 2.60 bits per heavy atom. The highest BCUT2D eigenvalue weighted by molar-refractivity contribution is 9.10. The van der Waals surface area contributed by atoms with Crippen LogP contribution in [0.5, 0.6) is 0 Å². The predicted octanol–water partition coefficient (Wildman–Crippen LogP) is 4.88. The maximum absolute atomic E-state index is 4.33. The first kappa shape index (κ1) is 15.5. The second kappa shape index (κ2) is 6.74. The first-order valence-corrected chi connectivity index (χ1v) is 8.17. The summed E-state index contributed by atoms with van der Waals surface area (Å²) in [5.41, 5.74) is 1.39. The fourth-order valence-electron chi connectivity index (χ4n) is 1.62. The highest BCUT2D eigenvalue weighted by Gasteiger charge is 2.10. The molecule has 0 fully saturated rings. The van der Waals surface area contributed by atoms with Gasteiger partial charge in [-0.1, -0.05) is 39.8 Å². The van der Waals surface area contributed by atoms with Crippen molar-refractivity contribution in [3.8, 4) is 0 Å². The van der Waals surface area contributed by atoms with Crippen molar-refractivity contribution in [3.63, 3.8) is 0 Å². The van der Waals surface area contributed by atoms with Gasteiger partial charge in [-0.15, -0.1) is 0 Å². The van der Waals surface area contributed by atoms with Gasteiger partial charge in [0.1, 0.15) is 5.03 Å². The molecule has 2 nitrogen and oxygen atoms in total. The standard InChI is InChI=1S/C16H19BrN2S/c1-16(2,3)19-11-12-7-8-13(10-14(12)17)20-15-6-4-5-9-18-15/h4-10,19H,11H2,1-3H3. The molecule has 0 amide bonds. The maximum atomic E-state index is 4.33. The van der Waals surface area contributed by atoms with Crippen LogP contribution < -0.4 is 5.32 Å². The van der Waals surface area contributed by atoms with E-state index >= 15 is 0 Å². The molecule has 0 aliphatic heterocycles. The van der Waals surface area contributed by atoms with Gasteiger partial charge in [0, 0.05) is 27.6 Å². The number of benzene rings is 1. The Hall–Kier alpha value is -0.840. The zero-order valence-corrected chi connectivity index (χ0v) is 14.4. The number of hydrogen-bond donors (Lipinski definition) is 1. The molecular weight excluding hydrogens is 332 g/mol. The lowest BCUT2D eigenvalue weighted by Gasteiger charge is -2.21. The summed E-state index contributed by atoms with van der Waals surface area (Å²) in [6.07, 6.45) is 1.82. The molecule has 106 valence electrons. The SMILES string of the molecule is CC(C)(C)NCc1ccc(Sc2ccccn2)cc1Br. The van der Waals surface area contributed by atoms with Crippen LogP contribution in [0.3, 0.4) is 0 Å². The third-order valence-corrected chi connectivity index (χ3v) is 4.37. The van der Waals surface area contributed by atoms with E-state index in [0.717, 1.165) is 16.0 Å². The van der Waals surface area contributed by atoms with E-state index in [0.29, 0.717) is 0 Å². The van der Waals surface area contributed by atoms with Crippen LogP contribution in [0.1, 0.15) is 26.3 Å². The molecule has 0 radical (unpaired) electrons. The van der Waals surface area contributed by atoms with Crippen molar-refractivity contribution < 1.29 is 0 Å². The molecular formula is C16H19BrN2S. The van der Waals surface area contributed by atoms with E-state index < -0.39 is 0 Å². The smallest absolute Gasteiger partial charge is 0.101 e. The molecule has 0 atom stereocenters. The van der Waals surface area contributed by atoms with Crippen molar-refractivity contribution in [2.75, 3.05) is 0 Å². The summed E-state index contributed by atoms with van der Waals surface area (Å²) in [6.45, 7) is 7.38. The Labute approximate surface area is 133 Å². The third kappa shape index (κ3) is 4.93. The summed E-state index contributed by atoms with van der Waals surface area (Å²) in [4.78, 5) is 5.52. The third-order valence-electron chi connectivity index (χ3n) is 2.69. The van der Waals surface area contributed by atoms with Gasteiger partial charge in [0.05, 0.1) is 0 Å². The molecule has 1 heterocycles. The molecule has 0 saturated carbocycles. The molecule has 1 aromatic carbocycles. The Morgan fingerprint density at radius 1 is 1.20 bits per heavy atom. The highest BCUT2D eigenvalue weighted by atomic mass is 79.9. The van der Waals surface area contributed by atoms with Crippen LogP contribution in [-0.4, -0.2) is 10.5 Å². The quantitative estimate of drug-likeness (QED) is 0.850. The van der Waals surface area contributed by atoms with Gasteiger partial charge in [0.15, 0.2) is 0 Å². The van der Waals surface area contributed by atoms with Crippen LogP contribution in [0.2, 0.25) is 0 Å². The van der Waals surface area contributed by atoms with E-state index in [2.05, 4.69) is 65.2 Å². The van der Waals surface area contributed by atoms with E-state index in [4.69, 9.17) is 0 Å². The minimum atomic E-state index is 0.126. The van der Waals surface area contributed by atoms with E-state index in [1.54, 1.807) is 11.8 Å². The summed E-state index contributed by atoms with van der Waals surface area (Å²) >= 11 is 5.33. The molecule has 0 spiro atoms. The molecule has 1 N–H and O–H groups in total. The van der Waals surface area contributed by atoms with Crippen molar-refractivity contribution in [3.05, 3.63) is 52.6 Å². The molecule has 2 rings (SSSR count). The van der Waals surface area contributed by atoms with Crippen molar-refractivity contribution >= 4 is 27.7 Å². The summed E-state index contributed by atoms with van der Waals surface area (Å²) in [5.74, 6) is 0. The number of halogens is 1. The molecule has 0 aliphatic carbocycles. The van der Waals surface area contributed by atoms with Crippen LogP contribution in [0.25, 0.3) is 0 Å². The summed E-state index contributed by atoms with van der Waals surface area (Å²) in [7, 11) is 0. The zero-order chi connectivity index (χ0) is 14.6. The first-order chi connectivity index (χ1) is 9.44. The normalized spacial score (nSPS) is 11.6. The summed E-state index contributed by atoms with van der Waals surface area (Å²) in [5, 5.41) is 4.51. The average Bonchev–Trinajstić information content (AvgIpc) is 2.38. The molecule has 4 heteroatoms.